The summed E-state index contributed by atoms with van der Waals surface area (Å²) in [5.41, 5.74) is -0.566. The third kappa shape index (κ3) is 1.54. The Kier molecular flexibility index (Phi) is 2.86. The molecular weight excluding hydrogens is 323 g/mol. The number of fused-ring (bicyclic) bond motifs is 2. The minimum absolute atomic E-state index is 0.562. The standard InChI is InChI=1S/C14H9BO9/c15-5-1-3(9(19)13(23)11(21)7(1)17)6(16)4-2(5)8(18)12(22)14(24)10(4)20/h16-24H. The van der Waals surface area contributed by atoms with E-state index in [-0.39, 0.29) is 0 Å². The maximum atomic E-state index is 10.3. The first-order valence-electron chi connectivity index (χ1n) is 6.30. The zero-order valence-electron chi connectivity index (χ0n) is 11.6. The second kappa shape index (κ2) is 4.48. The van der Waals surface area contributed by atoms with Crippen molar-refractivity contribution in [1.82, 2.24) is 0 Å². The molecule has 0 aliphatic carbocycles. The van der Waals surface area contributed by atoms with Crippen molar-refractivity contribution in [2.24, 2.45) is 0 Å². The van der Waals surface area contributed by atoms with E-state index in [1.807, 2.05) is 0 Å². The van der Waals surface area contributed by atoms with Crippen LogP contribution in [0.3, 0.4) is 0 Å². The van der Waals surface area contributed by atoms with Gasteiger partial charge in [0.25, 0.3) is 0 Å². The fourth-order valence-corrected chi connectivity index (χ4v) is 2.63. The summed E-state index contributed by atoms with van der Waals surface area (Å²) in [5, 5.41) is 85.9. The molecule has 0 atom stereocenters. The van der Waals surface area contributed by atoms with Gasteiger partial charge in [0, 0.05) is 10.8 Å². The highest BCUT2D eigenvalue weighted by Gasteiger charge is 2.29. The van der Waals surface area contributed by atoms with Gasteiger partial charge in [-0.3, -0.25) is 0 Å². The quantitative estimate of drug-likeness (QED) is 0.120. The molecule has 3 aromatic carbocycles. The fourth-order valence-electron chi connectivity index (χ4n) is 2.63. The van der Waals surface area contributed by atoms with Gasteiger partial charge in [-0.2, -0.15) is 0 Å². The number of rotatable bonds is 0. The highest BCUT2D eigenvalue weighted by atomic mass is 16.4. The molecule has 0 bridgehead atoms. The zero-order valence-corrected chi connectivity index (χ0v) is 11.6. The van der Waals surface area contributed by atoms with Crippen LogP contribution in [-0.4, -0.2) is 53.8 Å². The van der Waals surface area contributed by atoms with Crippen molar-refractivity contribution in [3.63, 3.8) is 0 Å². The molecule has 3 aromatic rings. The van der Waals surface area contributed by atoms with E-state index in [0.717, 1.165) is 0 Å². The molecule has 0 aliphatic heterocycles. The van der Waals surface area contributed by atoms with E-state index in [0.29, 0.717) is 0 Å². The van der Waals surface area contributed by atoms with E-state index in [1.54, 1.807) is 0 Å². The monoisotopic (exact) mass is 332 g/mol. The van der Waals surface area contributed by atoms with Gasteiger partial charge in [0.05, 0.1) is 10.8 Å². The number of phenols is 9. The van der Waals surface area contributed by atoms with Crippen LogP contribution in [-0.2, 0) is 0 Å². The van der Waals surface area contributed by atoms with Gasteiger partial charge >= 0.3 is 0 Å². The van der Waals surface area contributed by atoms with Crippen LogP contribution in [0.4, 0.5) is 0 Å². The lowest BCUT2D eigenvalue weighted by Gasteiger charge is -2.18. The van der Waals surface area contributed by atoms with Crippen molar-refractivity contribution in [2.45, 2.75) is 0 Å². The van der Waals surface area contributed by atoms with Crippen molar-refractivity contribution in [1.29, 1.82) is 0 Å². The first-order valence-corrected chi connectivity index (χ1v) is 6.30. The first-order chi connectivity index (χ1) is 11.1. The largest absolute Gasteiger partial charge is 0.506 e. The summed E-state index contributed by atoms with van der Waals surface area (Å²) < 4.78 is 0. The van der Waals surface area contributed by atoms with Crippen LogP contribution in [0.25, 0.3) is 21.5 Å². The molecule has 10 heteroatoms. The lowest BCUT2D eigenvalue weighted by molar-refractivity contribution is 0.348. The number of hydrogen-bond acceptors (Lipinski definition) is 9. The van der Waals surface area contributed by atoms with Gasteiger partial charge in [-0.15, -0.1) is 0 Å². The van der Waals surface area contributed by atoms with Crippen molar-refractivity contribution in [3.8, 4) is 51.7 Å². The SMILES string of the molecule is [B]c1c2c(O)c(O)c(O)c(O)c2c(O)c2c(O)c(O)c(O)c(O)c12. The Morgan fingerprint density at radius 2 is 0.583 bits per heavy atom. The van der Waals surface area contributed by atoms with Gasteiger partial charge in [-0.05, 0) is 0 Å². The predicted octanol–water partition coefficient (Wildman–Crippen LogP) is 0.137. The van der Waals surface area contributed by atoms with E-state index in [2.05, 4.69) is 0 Å². The lowest BCUT2D eigenvalue weighted by Crippen LogP contribution is -2.07. The molecule has 0 amide bonds. The average molecular weight is 332 g/mol. The van der Waals surface area contributed by atoms with Crippen LogP contribution in [0, 0.1) is 0 Å². The molecule has 9 N–H and O–H groups in total. The second-order valence-electron chi connectivity index (χ2n) is 5.05. The summed E-state index contributed by atoms with van der Waals surface area (Å²) in [6.07, 6.45) is 0. The molecule has 0 fully saturated rings. The maximum Gasteiger partial charge on any atom is 0.205 e. The number of benzene rings is 3. The van der Waals surface area contributed by atoms with Gasteiger partial charge in [-0.1, -0.05) is 5.46 Å². The van der Waals surface area contributed by atoms with Crippen molar-refractivity contribution in [3.05, 3.63) is 0 Å². The molecule has 0 unspecified atom stereocenters. The van der Waals surface area contributed by atoms with E-state index in [4.69, 9.17) is 7.85 Å². The molecule has 24 heavy (non-hydrogen) atoms. The van der Waals surface area contributed by atoms with Gasteiger partial charge in [0.15, 0.2) is 23.0 Å². The van der Waals surface area contributed by atoms with Crippen LogP contribution in [0.15, 0.2) is 0 Å². The van der Waals surface area contributed by atoms with Crippen LogP contribution in [0.2, 0.25) is 0 Å². The van der Waals surface area contributed by atoms with Crippen molar-refractivity contribution in [2.75, 3.05) is 0 Å². The van der Waals surface area contributed by atoms with E-state index in [9.17, 15) is 46.0 Å². The Labute approximate surface area is 133 Å². The molecule has 0 spiro atoms. The molecule has 0 saturated carbocycles. The smallest absolute Gasteiger partial charge is 0.205 e. The Hall–Kier alpha value is -3.56. The van der Waals surface area contributed by atoms with Crippen LogP contribution >= 0.6 is 0 Å². The summed E-state index contributed by atoms with van der Waals surface area (Å²) in [6.45, 7) is 0. The Balaban J connectivity index is 2.82. The maximum absolute atomic E-state index is 10.3. The van der Waals surface area contributed by atoms with Crippen LogP contribution in [0.5, 0.6) is 51.7 Å². The Morgan fingerprint density at radius 3 is 0.875 bits per heavy atom. The number of hydrogen-bond donors (Lipinski definition) is 9. The molecule has 9 nitrogen and oxygen atoms in total. The molecule has 2 radical (unpaired) electrons. The van der Waals surface area contributed by atoms with E-state index >= 15 is 0 Å². The summed E-state index contributed by atoms with van der Waals surface area (Å²) in [5.74, 6) is -9.80. The zero-order chi connectivity index (χ0) is 18.1. The summed E-state index contributed by atoms with van der Waals surface area (Å²) in [6, 6.07) is 0. The highest BCUT2D eigenvalue weighted by molar-refractivity contribution is 6.48. The molecule has 0 saturated heterocycles. The minimum Gasteiger partial charge on any atom is -0.506 e. The van der Waals surface area contributed by atoms with Gasteiger partial charge in [0.1, 0.15) is 13.6 Å². The lowest BCUT2D eigenvalue weighted by atomic mass is 9.82. The van der Waals surface area contributed by atoms with Gasteiger partial charge in [-0.25, -0.2) is 0 Å². The summed E-state index contributed by atoms with van der Waals surface area (Å²) in [4.78, 5) is 0. The van der Waals surface area contributed by atoms with Crippen LogP contribution in [0.1, 0.15) is 0 Å². The third-order valence-electron chi connectivity index (χ3n) is 3.81. The molecule has 0 aliphatic rings. The van der Waals surface area contributed by atoms with Crippen molar-refractivity contribution >= 4 is 34.9 Å². The van der Waals surface area contributed by atoms with Crippen molar-refractivity contribution < 1.29 is 46.0 Å². The van der Waals surface area contributed by atoms with Crippen LogP contribution < -0.4 is 5.46 Å². The average Bonchev–Trinajstić information content (AvgIpc) is 2.55. The molecule has 122 valence electrons. The highest BCUT2D eigenvalue weighted by Crippen LogP contribution is 2.57. The molecule has 3 rings (SSSR count). The normalized spacial score (nSPS) is 11.3. The summed E-state index contributed by atoms with van der Waals surface area (Å²) in [7, 11) is 5.76. The topological polar surface area (TPSA) is 182 Å². The third-order valence-corrected chi connectivity index (χ3v) is 3.81. The number of aromatic hydroxyl groups is 9. The van der Waals surface area contributed by atoms with E-state index in [1.165, 1.54) is 0 Å². The number of phenolic OH excluding ortho intramolecular Hbond substituents is 9. The van der Waals surface area contributed by atoms with Gasteiger partial charge < -0.3 is 46.0 Å². The summed E-state index contributed by atoms with van der Waals surface area (Å²) >= 11 is 0. The molecular formula is C14H9BO9. The molecule has 0 aromatic heterocycles. The van der Waals surface area contributed by atoms with E-state index < -0.39 is 78.8 Å². The predicted molar refractivity (Wildman–Crippen MR) is 81.8 cm³/mol. The Morgan fingerprint density at radius 1 is 0.333 bits per heavy atom. The fraction of sp³-hybridized carbons (Fsp3) is 0. The first kappa shape index (κ1) is 15.3. The van der Waals surface area contributed by atoms with Gasteiger partial charge in [0.2, 0.25) is 23.0 Å². The second-order valence-corrected chi connectivity index (χ2v) is 5.05. The Bertz CT molecular complexity index is 894. The minimum atomic E-state index is -1.17. The molecule has 0 heterocycles.